The maximum atomic E-state index is 12.3. The molecule has 1 aliphatic rings. The molecule has 2 atom stereocenters. The minimum absolute atomic E-state index is 0.0617. The zero-order valence-electron chi connectivity index (χ0n) is 19.2. The van der Waals surface area contributed by atoms with Crippen molar-refractivity contribution in [2.24, 2.45) is 0 Å². The molecule has 2 aromatic carbocycles. The van der Waals surface area contributed by atoms with E-state index in [0.29, 0.717) is 0 Å². The highest BCUT2D eigenvalue weighted by Crippen LogP contribution is 2.44. The van der Waals surface area contributed by atoms with Gasteiger partial charge in [0.05, 0.1) is 12.6 Å². The van der Waals surface area contributed by atoms with Gasteiger partial charge in [-0.05, 0) is 29.2 Å². The Morgan fingerprint density at radius 2 is 1.71 bits per heavy atom. The normalized spacial score (nSPS) is 13.9. The van der Waals surface area contributed by atoms with E-state index in [2.05, 4.69) is 27.9 Å². The van der Waals surface area contributed by atoms with E-state index in [9.17, 15) is 19.5 Å². The largest absolute Gasteiger partial charge is 0.480 e. The second-order valence-electron chi connectivity index (χ2n) is 8.09. The number of carboxylic acids is 1. The number of carboxylic acid groups (broad SMARTS) is 1. The summed E-state index contributed by atoms with van der Waals surface area (Å²) in [5.74, 6) is -1.84. The lowest BCUT2D eigenvalue weighted by Gasteiger charge is -2.19. The molecule has 1 heterocycles. The van der Waals surface area contributed by atoms with E-state index in [1.807, 2.05) is 36.4 Å². The first kappa shape index (κ1) is 24.0. The van der Waals surface area contributed by atoms with Gasteiger partial charge in [0.25, 0.3) is 5.91 Å². The van der Waals surface area contributed by atoms with E-state index in [4.69, 9.17) is 14.0 Å². The van der Waals surface area contributed by atoms with Crippen molar-refractivity contribution < 1.29 is 33.5 Å². The predicted molar refractivity (Wildman–Crippen MR) is 124 cm³/mol. The molecule has 4 rings (SSSR count). The highest BCUT2D eigenvalue weighted by atomic mass is 16.5. The minimum atomic E-state index is -1.26. The van der Waals surface area contributed by atoms with Gasteiger partial charge in [-0.1, -0.05) is 53.7 Å². The molecule has 35 heavy (non-hydrogen) atoms. The standard InChI is InChI=1S/C25H25N3O7/c1-14(33-2)22(24(30)31)27-23(29)21-11-15(35-28-21)12-26-25(32)34-13-20-18-9-5-3-7-16(18)17-8-4-6-10-19(17)20/h3-11,14,20,22H,12-13H2,1-2H3,(H,26,32)(H,27,29)(H,30,31). The van der Waals surface area contributed by atoms with E-state index in [1.165, 1.54) is 20.1 Å². The third kappa shape index (κ3) is 5.17. The Bertz CT molecular complexity index is 1190. The fourth-order valence-corrected chi connectivity index (χ4v) is 4.04. The number of rotatable bonds is 9. The van der Waals surface area contributed by atoms with Crippen molar-refractivity contribution in [2.75, 3.05) is 13.7 Å². The van der Waals surface area contributed by atoms with Gasteiger partial charge in [0.15, 0.2) is 17.5 Å². The summed E-state index contributed by atoms with van der Waals surface area (Å²) < 4.78 is 15.5. The number of ether oxygens (including phenoxy) is 2. The van der Waals surface area contributed by atoms with Gasteiger partial charge in [-0.2, -0.15) is 0 Å². The van der Waals surface area contributed by atoms with E-state index in [0.717, 1.165) is 22.3 Å². The Kier molecular flexibility index (Phi) is 7.11. The van der Waals surface area contributed by atoms with Crippen molar-refractivity contribution in [1.29, 1.82) is 0 Å². The van der Waals surface area contributed by atoms with Crippen LogP contribution < -0.4 is 10.6 Å². The average Bonchev–Trinajstić information content (AvgIpc) is 3.47. The first-order valence-corrected chi connectivity index (χ1v) is 11.0. The molecule has 0 bridgehead atoms. The molecule has 182 valence electrons. The zero-order chi connectivity index (χ0) is 24.9. The smallest absolute Gasteiger partial charge is 0.407 e. The number of aromatic nitrogens is 1. The third-order valence-electron chi connectivity index (χ3n) is 5.94. The summed E-state index contributed by atoms with van der Waals surface area (Å²) in [5.41, 5.74) is 4.36. The molecular formula is C25H25N3O7. The van der Waals surface area contributed by atoms with E-state index in [-0.39, 0.29) is 30.5 Å². The molecule has 3 aromatic rings. The Balaban J connectivity index is 1.31. The van der Waals surface area contributed by atoms with E-state index < -0.39 is 30.1 Å². The van der Waals surface area contributed by atoms with Crippen molar-refractivity contribution in [3.63, 3.8) is 0 Å². The topological polar surface area (TPSA) is 140 Å². The molecule has 0 saturated carbocycles. The monoisotopic (exact) mass is 479 g/mol. The van der Waals surface area contributed by atoms with Gasteiger partial charge >= 0.3 is 12.1 Å². The molecule has 0 spiro atoms. The van der Waals surface area contributed by atoms with Gasteiger partial charge < -0.3 is 29.7 Å². The molecule has 3 N–H and O–H groups in total. The number of aliphatic carboxylic acids is 1. The van der Waals surface area contributed by atoms with Crippen LogP contribution >= 0.6 is 0 Å². The molecule has 0 saturated heterocycles. The highest BCUT2D eigenvalue weighted by Gasteiger charge is 2.30. The molecule has 0 aliphatic heterocycles. The summed E-state index contributed by atoms with van der Waals surface area (Å²) in [6.45, 7) is 1.62. The molecule has 10 heteroatoms. The molecule has 0 fully saturated rings. The quantitative estimate of drug-likeness (QED) is 0.426. The van der Waals surface area contributed by atoms with Crippen LogP contribution in [0.25, 0.3) is 11.1 Å². The third-order valence-corrected chi connectivity index (χ3v) is 5.94. The van der Waals surface area contributed by atoms with Gasteiger partial charge in [-0.15, -0.1) is 0 Å². The lowest BCUT2D eigenvalue weighted by Crippen LogP contribution is -2.48. The van der Waals surface area contributed by atoms with Crippen LogP contribution in [-0.4, -0.2) is 54.1 Å². The minimum Gasteiger partial charge on any atom is -0.480 e. The fraction of sp³-hybridized carbons (Fsp3) is 0.280. The lowest BCUT2D eigenvalue weighted by molar-refractivity contribution is -0.142. The Labute approximate surface area is 201 Å². The molecule has 1 aromatic heterocycles. The molecule has 2 unspecified atom stereocenters. The van der Waals surface area contributed by atoms with Gasteiger partial charge in [-0.25, -0.2) is 9.59 Å². The summed E-state index contributed by atoms with van der Waals surface area (Å²) in [7, 11) is 1.34. The summed E-state index contributed by atoms with van der Waals surface area (Å²) in [5, 5.41) is 17.8. The Morgan fingerprint density at radius 3 is 2.31 bits per heavy atom. The number of carbonyl (C=O) groups is 3. The van der Waals surface area contributed by atoms with Gasteiger partial charge in [0.2, 0.25) is 0 Å². The summed E-state index contributed by atoms with van der Waals surface area (Å²) >= 11 is 0. The number of fused-ring (bicyclic) bond motifs is 3. The first-order valence-electron chi connectivity index (χ1n) is 11.0. The fourth-order valence-electron chi connectivity index (χ4n) is 4.04. The van der Waals surface area contributed by atoms with Crippen molar-refractivity contribution in [3.8, 4) is 11.1 Å². The maximum Gasteiger partial charge on any atom is 0.407 e. The second-order valence-corrected chi connectivity index (χ2v) is 8.09. The van der Waals surface area contributed by atoms with Crippen LogP contribution in [-0.2, 0) is 20.8 Å². The van der Waals surface area contributed by atoms with Gasteiger partial charge in [0.1, 0.15) is 6.61 Å². The first-order chi connectivity index (χ1) is 16.9. The summed E-state index contributed by atoms with van der Waals surface area (Å²) in [6, 6.07) is 16.1. The van der Waals surface area contributed by atoms with E-state index >= 15 is 0 Å². The number of carbonyl (C=O) groups excluding carboxylic acids is 2. The highest BCUT2D eigenvalue weighted by molar-refractivity contribution is 5.95. The van der Waals surface area contributed by atoms with Gasteiger partial charge in [-0.3, -0.25) is 4.79 Å². The number of methoxy groups -OCH3 is 1. The SMILES string of the molecule is COC(C)C(NC(=O)c1cc(CNC(=O)OCC2c3ccccc3-c3ccccc32)on1)C(=O)O. The van der Waals surface area contributed by atoms with Crippen LogP contribution in [0.4, 0.5) is 4.79 Å². The molecule has 2 amide bonds. The number of alkyl carbamates (subject to hydrolysis) is 1. The number of hydrogen-bond acceptors (Lipinski definition) is 7. The van der Waals surface area contributed by atoms with Crippen molar-refractivity contribution >= 4 is 18.0 Å². The van der Waals surface area contributed by atoms with Crippen LogP contribution in [0, 0.1) is 0 Å². The number of nitrogens with zero attached hydrogens (tertiary/aromatic N) is 1. The van der Waals surface area contributed by atoms with Crippen LogP contribution in [0.2, 0.25) is 0 Å². The Morgan fingerprint density at radius 1 is 1.09 bits per heavy atom. The van der Waals surface area contributed by atoms with Crippen molar-refractivity contribution in [3.05, 3.63) is 77.2 Å². The lowest BCUT2D eigenvalue weighted by atomic mass is 9.98. The number of hydrogen-bond donors (Lipinski definition) is 3. The van der Waals surface area contributed by atoms with Crippen LogP contribution in [0.15, 0.2) is 59.1 Å². The number of nitrogens with one attached hydrogen (secondary N) is 2. The molecule has 0 radical (unpaired) electrons. The van der Waals surface area contributed by atoms with Gasteiger partial charge in [0, 0.05) is 19.1 Å². The maximum absolute atomic E-state index is 12.3. The zero-order valence-corrected chi connectivity index (χ0v) is 19.2. The van der Waals surface area contributed by atoms with E-state index in [1.54, 1.807) is 0 Å². The van der Waals surface area contributed by atoms with Crippen LogP contribution in [0.3, 0.4) is 0 Å². The summed E-state index contributed by atoms with van der Waals surface area (Å²) in [6.07, 6.45) is -1.40. The van der Waals surface area contributed by atoms with Crippen molar-refractivity contribution in [1.82, 2.24) is 15.8 Å². The van der Waals surface area contributed by atoms with Crippen LogP contribution in [0.1, 0.15) is 40.2 Å². The summed E-state index contributed by atoms with van der Waals surface area (Å²) in [4.78, 5) is 36.0. The predicted octanol–water partition coefficient (Wildman–Crippen LogP) is 2.93. The van der Waals surface area contributed by atoms with Crippen molar-refractivity contribution in [2.45, 2.75) is 31.5 Å². The molecular weight excluding hydrogens is 454 g/mol. The average molecular weight is 479 g/mol. The second kappa shape index (κ2) is 10.4. The van der Waals surface area contributed by atoms with Crippen LogP contribution in [0.5, 0.6) is 0 Å². The Hall–Kier alpha value is -4.18. The molecule has 1 aliphatic carbocycles. The molecule has 10 nitrogen and oxygen atoms in total. The number of amides is 2. The number of benzene rings is 2.